The van der Waals surface area contributed by atoms with Gasteiger partial charge in [-0.1, -0.05) is 35.0 Å². The number of nitrogens with zero attached hydrogens (tertiary/aromatic N) is 3. The summed E-state index contributed by atoms with van der Waals surface area (Å²) in [6.45, 7) is 0.546. The number of halogens is 2. The van der Waals surface area contributed by atoms with E-state index in [9.17, 15) is 0 Å². The fraction of sp³-hybridized carbons (Fsp3) is 0.222. The largest absolute Gasteiger partial charge is 0.363 e. The van der Waals surface area contributed by atoms with Crippen molar-refractivity contribution in [1.29, 1.82) is 0 Å². The summed E-state index contributed by atoms with van der Waals surface area (Å²) in [6, 6.07) is 14.9. The normalized spacial score (nSPS) is 21.2. The Morgan fingerprint density at radius 1 is 1.08 bits per heavy atom. The summed E-state index contributed by atoms with van der Waals surface area (Å²) in [6.07, 6.45) is 3.25. The van der Waals surface area contributed by atoms with Crippen molar-refractivity contribution in [1.82, 2.24) is 9.78 Å². The van der Waals surface area contributed by atoms with Crippen LogP contribution >= 0.6 is 31.9 Å². The van der Waals surface area contributed by atoms with Gasteiger partial charge in [0.25, 0.3) is 0 Å². The van der Waals surface area contributed by atoms with Gasteiger partial charge in [0.1, 0.15) is 18.8 Å². The highest BCUT2D eigenvalue weighted by Crippen LogP contribution is 2.36. The van der Waals surface area contributed by atoms with Crippen molar-refractivity contribution in [2.24, 2.45) is 0 Å². The predicted molar refractivity (Wildman–Crippen MR) is 96.0 cm³/mol. The maximum Gasteiger partial charge on any atom is 0.304 e. The maximum absolute atomic E-state index is 6.10. The van der Waals surface area contributed by atoms with Gasteiger partial charge in [0.15, 0.2) is 5.69 Å². The smallest absolute Gasteiger partial charge is 0.304 e. The molecule has 0 unspecified atom stereocenters. The van der Waals surface area contributed by atoms with Gasteiger partial charge in [0, 0.05) is 11.5 Å². The zero-order chi connectivity index (χ0) is 16.3. The van der Waals surface area contributed by atoms with Crippen LogP contribution in [0.15, 0.2) is 57.7 Å². The first kappa shape index (κ1) is 14.8. The van der Waals surface area contributed by atoms with Crippen LogP contribution in [-0.4, -0.2) is 15.9 Å². The molecule has 2 atom stereocenters. The van der Waals surface area contributed by atoms with E-state index in [0.29, 0.717) is 6.61 Å². The molecule has 0 radical (unpaired) electrons. The number of para-hydroxylation sites is 1. The van der Waals surface area contributed by atoms with E-state index in [1.165, 1.54) is 11.1 Å². The van der Waals surface area contributed by atoms with Gasteiger partial charge < -0.3 is 4.74 Å². The Kier molecular flexibility index (Phi) is 3.40. The molecule has 0 spiro atoms. The van der Waals surface area contributed by atoms with E-state index in [2.05, 4.69) is 67.0 Å². The SMILES string of the molecule is Brc1cccc(Br)c1-n1c[n+]2c(n1)CO[C@@H]1Cc3ccccc3[C@@H]12. The van der Waals surface area contributed by atoms with Gasteiger partial charge in [-0.15, -0.1) is 0 Å². The second-order valence-electron chi connectivity index (χ2n) is 6.15. The molecule has 1 aromatic heterocycles. The van der Waals surface area contributed by atoms with Crippen LogP contribution in [0.4, 0.5) is 0 Å². The molecule has 0 bridgehead atoms. The van der Waals surface area contributed by atoms with Crippen LogP contribution in [0.2, 0.25) is 0 Å². The van der Waals surface area contributed by atoms with E-state index >= 15 is 0 Å². The first-order valence-corrected chi connectivity index (χ1v) is 9.44. The number of fused-ring (bicyclic) bond motifs is 5. The lowest BCUT2D eigenvalue weighted by atomic mass is 10.1. The standard InChI is InChI=1S/C18H14Br2N3O/c19-13-6-3-7-14(20)18(13)23-10-22-16(21-23)9-24-15-8-11-4-1-2-5-12(11)17(15)22/h1-7,10,15,17H,8-9H2/q+1/t15-,17+/m1/s1. The Bertz CT molecular complexity index is 933. The van der Waals surface area contributed by atoms with Gasteiger partial charge in [-0.2, -0.15) is 0 Å². The molecule has 0 saturated carbocycles. The van der Waals surface area contributed by atoms with Gasteiger partial charge in [-0.3, -0.25) is 0 Å². The molecule has 2 aliphatic rings. The Balaban J connectivity index is 1.66. The van der Waals surface area contributed by atoms with E-state index in [-0.39, 0.29) is 12.1 Å². The number of hydrogen-bond donors (Lipinski definition) is 0. The molecule has 2 aromatic carbocycles. The minimum atomic E-state index is 0.195. The molecular formula is C18H14Br2N3O+. The van der Waals surface area contributed by atoms with E-state index in [1.54, 1.807) is 0 Å². The van der Waals surface area contributed by atoms with Gasteiger partial charge >= 0.3 is 5.82 Å². The van der Waals surface area contributed by atoms with Crippen LogP contribution < -0.4 is 4.57 Å². The van der Waals surface area contributed by atoms with Crippen molar-refractivity contribution in [3.63, 3.8) is 0 Å². The number of rotatable bonds is 1. The highest BCUT2D eigenvalue weighted by molar-refractivity contribution is 9.11. The third kappa shape index (κ3) is 2.13. The molecule has 2 heterocycles. The van der Waals surface area contributed by atoms with Crippen LogP contribution in [0.5, 0.6) is 0 Å². The third-order valence-electron chi connectivity index (χ3n) is 4.79. The van der Waals surface area contributed by atoms with Crippen LogP contribution in [0.25, 0.3) is 5.69 Å². The molecule has 3 aromatic rings. The Morgan fingerprint density at radius 3 is 2.71 bits per heavy atom. The summed E-state index contributed by atoms with van der Waals surface area (Å²) < 4.78 is 12.3. The minimum Gasteiger partial charge on any atom is -0.363 e. The van der Waals surface area contributed by atoms with Crippen molar-refractivity contribution < 1.29 is 9.30 Å². The fourth-order valence-corrected chi connectivity index (χ4v) is 5.10. The van der Waals surface area contributed by atoms with E-state index in [4.69, 9.17) is 9.84 Å². The quantitative estimate of drug-likeness (QED) is 0.532. The second-order valence-corrected chi connectivity index (χ2v) is 7.86. The Hall–Kier alpha value is -1.50. The highest BCUT2D eigenvalue weighted by Gasteiger charge is 2.43. The minimum absolute atomic E-state index is 0.195. The molecule has 120 valence electrons. The molecule has 5 rings (SSSR count). The van der Waals surface area contributed by atoms with Crippen LogP contribution in [0.1, 0.15) is 23.0 Å². The van der Waals surface area contributed by atoms with Gasteiger partial charge in [0.05, 0.1) is 8.95 Å². The summed E-state index contributed by atoms with van der Waals surface area (Å²) in [7, 11) is 0. The molecule has 1 aliphatic carbocycles. The van der Waals surface area contributed by atoms with Crippen molar-refractivity contribution in [2.75, 3.05) is 0 Å². The van der Waals surface area contributed by atoms with E-state index in [0.717, 1.165) is 26.9 Å². The summed E-state index contributed by atoms with van der Waals surface area (Å²) in [5.74, 6) is 0.954. The van der Waals surface area contributed by atoms with Crippen molar-refractivity contribution >= 4 is 31.9 Å². The lowest BCUT2D eigenvalue weighted by Crippen LogP contribution is -2.51. The number of aromatic nitrogens is 3. The molecule has 1 aliphatic heterocycles. The number of benzene rings is 2. The topological polar surface area (TPSA) is 30.9 Å². The zero-order valence-electron chi connectivity index (χ0n) is 12.7. The number of hydrogen-bond acceptors (Lipinski definition) is 2. The lowest BCUT2D eigenvalue weighted by molar-refractivity contribution is -0.739. The molecule has 0 saturated heterocycles. The first-order chi connectivity index (χ1) is 11.7. The van der Waals surface area contributed by atoms with E-state index in [1.807, 2.05) is 22.9 Å². The average Bonchev–Trinajstić information content (AvgIpc) is 3.14. The maximum atomic E-state index is 6.10. The van der Waals surface area contributed by atoms with Crippen molar-refractivity contribution in [3.8, 4) is 5.69 Å². The molecule has 0 fully saturated rings. The molecular weight excluding hydrogens is 434 g/mol. The highest BCUT2D eigenvalue weighted by atomic mass is 79.9. The molecule has 6 heteroatoms. The van der Waals surface area contributed by atoms with Crippen LogP contribution in [0, 0.1) is 0 Å². The second kappa shape index (κ2) is 5.51. The molecule has 4 nitrogen and oxygen atoms in total. The first-order valence-electron chi connectivity index (χ1n) is 7.86. The summed E-state index contributed by atoms with van der Waals surface area (Å²) >= 11 is 7.26. The Labute approximate surface area is 156 Å². The molecule has 0 amide bonds. The summed E-state index contributed by atoms with van der Waals surface area (Å²) in [5, 5.41) is 4.77. The Morgan fingerprint density at radius 2 is 1.88 bits per heavy atom. The van der Waals surface area contributed by atoms with Gasteiger partial charge in [-0.05, 0) is 55.1 Å². The van der Waals surface area contributed by atoms with Gasteiger partial charge in [0.2, 0.25) is 6.33 Å². The van der Waals surface area contributed by atoms with Gasteiger partial charge in [-0.25, -0.2) is 4.57 Å². The monoisotopic (exact) mass is 446 g/mol. The summed E-state index contributed by atoms with van der Waals surface area (Å²) in [4.78, 5) is 0. The van der Waals surface area contributed by atoms with Crippen LogP contribution in [-0.2, 0) is 17.8 Å². The number of ether oxygens (including phenoxy) is 1. The zero-order valence-corrected chi connectivity index (χ0v) is 15.9. The van der Waals surface area contributed by atoms with Crippen molar-refractivity contribution in [2.45, 2.75) is 25.2 Å². The summed E-state index contributed by atoms with van der Waals surface area (Å²) in [5.41, 5.74) is 3.73. The fourth-order valence-electron chi connectivity index (χ4n) is 3.74. The molecule has 24 heavy (non-hydrogen) atoms. The predicted octanol–water partition coefficient (Wildman–Crippen LogP) is 3.73. The van der Waals surface area contributed by atoms with Crippen molar-refractivity contribution in [3.05, 3.63) is 74.7 Å². The lowest BCUT2D eigenvalue weighted by Gasteiger charge is -2.23. The molecule has 0 N–H and O–H groups in total. The van der Waals surface area contributed by atoms with E-state index < -0.39 is 0 Å². The average molecular weight is 448 g/mol. The van der Waals surface area contributed by atoms with Crippen LogP contribution in [0.3, 0.4) is 0 Å². The third-order valence-corrected chi connectivity index (χ3v) is 6.07.